The maximum atomic E-state index is 7.00. The summed E-state index contributed by atoms with van der Waals surface area (Å²) in [6.45, 7) is 4.44. The van der Waals surface area contributed by atoms with E-state index in [2.05, 4.69) is 50.3 Å². The third-order valence-corrected chi connectivity index (χ3v) is 3.13. The molecule has 0 atom stereocenters. The molecule has 0 amide bonds. The molecule has 0 unspecified atom stereocenters. The van der Waals surface area contributed by atoms with Crippen LogP contribution in [-0.4, -0.2) is 12.2 Å². The zero-order valence-corrected chi connectivity index (χ0v) is 17.5. The van der Waals surface area contributed by atoms with Crippen molar-refractivity contribution in [3.8, 4) is 0 Å². The number of rotatable bonds is 6. The molecular formula is C19H30ClOZr. The largest absolute Gasteiger partial charge is 3.00 e. The smallest absolute Gasteiger partial charge is 1.00 e. The first-order chi connectivity index (χ1) is 9.86. The molecule has 3 heteroatoms. The van der Waals surface area contributed by atoms with Gasteiger partial charge in [-0.2, -0.15) is 12.2 Å². The van der Waals surface area contributed by atoms with Gasteiger partial charge in [0.15, 0.2) is 0 Å². The Kier molecular flexibility index (Phi) is 25.9. The summed E-state index contributed by atoms with van der Waals surface area (Å²) in [5.74, 6) is 0. The molecule has 0 saturated heterocycles. The van der Waals surface area contributed by atoms with E-state index in [1.807, 2.05) is 0 Å². The third kappa shape index (κ3) is 15.0. The average Bonchev–Trinajstić information content (AvgIpc) is 3.19. The van der Waals surface area contributed by atoms with E-state index in [-0.39, 0.29) is 38.6 Å². The molecule has 0 spiro atoms. The Balaban J connectivity index is -0.000000273. The second-order valence-corrected chi connectivity index (χ2v) is 4.82. The van der Waals surface area contributed by atoms with Crippen molar-refractivity contribution in [2.75, 3.05) is 7.11 Å². The monoisotopic (exact) mass is 399 g/mol. The van der Waals surface area contributed by atoms with E-state index in [1.165, 1.54) is 49.7 Å². The zero-order chi connectivity index (χ0) is 15.1. The number of aliphatic hydroxyl groups is 1. The summed E-state index contributed by atoms with van der Waals surface area (Å²) >= 11 is 0. The summed E-state index contributed by atoms with van der Waals surface area (Å²) in [6, 6.07) is 0. The average molecular weight is 401 g/mol. The number of hydrogen-bond acceptors (Lipinski definition) is 1. The van der Waals surface area contributed by atoms with Crippen LogP contribution in [-0.2, 0) is 26.2 Å². The van der Waals surface area contributed by atoms with Crippen molar-refractivity contribution in [3.63, 3.8) is 0 Å². The molecule has 0 aromatic carbocycles. The minimum absolute atomic E-state index is 0. The Bertz CT molecular complexity index is 309. The maximum Gasteiger partial charge on any atom is 3.00 e. The first-order valence-electron chi connectivity index (χ1n) is 7.84. The molecule has 0 aromatic rings. The zero-order valence-electron chi connectivity index (χ0n) is 14.3. The SMILES string of the molecule is CCCCC1=[C-]CC=C1.CCCCC1=[C-]CC=C1.CO.[Cl-].[Zr+3]. The molecule has 0 aliphatic heterocycles. The summed E-state index contributed by atoms with van der Waals surface area (Å²) in [4.78, 5) is 0. The minimum atomic E-state index is 0. The summed E-state index contributed by atoms with van der Waals surface area (Å²) in [7, 11) is 1.00. The van der Waals surface area contributed by atoms with E-state index in [0.717, 1.165) is 20.0 Å². The van der Waals surface area contributed by atoms with Crippen molar-refractivity contribution < 1.29 is 43.7 Å². The van der Waals surface area contributed by atoms with Crippen LogP contribution < -0.4 is 12.4 Å². The van der Waals surface area contributed by atoms with Gasteiger partial charge in [-0.1, -0.05) is 52.4 Å². The van der Waals surface area contributed by atoms with Gasteiger partial charge in [-0.15, -0.1) is 12.8 Å². The summed E-state index contributed by atoms with van der Waals surface area (Å²) in [6.07, 6.45) is 25.1. The van der Waals surface area contributed by atoms with Crippen molar-refractivity contribution in [1.82, 2.24) is 0 Å². The van der Waals surface area contributed by atoms with Gasteiger partial charge in [0, 0.05) is 7.11 Å². The molecule has 2 rings (SSSR count). The van der Waals surface area contributed by atoms with Crippen LogP contribution >= 0.6 is 0 Å². The van der Waals surface area contributed by atoms with Gasteiger partial charge in [0.2, 0.25) is 0 Å². The number of allylic oxidation sites excluding steroid dienone is 8. The first kappa shape index (κ1) is 27.0. The molecule has 123 valence electrons. The van der Waals surface area contributed by atoms with Gasteiger partial charge < -0.3 is 17.5 Å². The van der Waals surface area contributed by atoms with Gasteiger partial charge >= 0.3 is 26.2 Å². The van der Waals surface area contributed by atoms with E-state index >= 15 is 0 Å². The second-order valence-electron chi connectivity index (χ2n) is 4.82. The maximum absolute atomic E-state index is 7.00. The van der Waals surface area contributed by atoms with E-state index in [4.69, 9.17) is 5.11 Å². The van der Waals surface area contributed by atoms with Gasteiger partial charge in [-0.25, -0.2) is 23.3 Å². The molecule has 0 fully saturated rings. The van der Waals surface area contributed by atoms with Gasteiger partial charge in [-0.3, -0.25) is 12.2 Å². The quantitative estimate of drug-likeness (QED) is 0.678. The molecule has 0 saturated carbocycles. The van der Waals surface area contributed by atoms with Crippen LogP contribution in [0.2, 0.25) is 0 Å². The van der Waals surface area contributed by atoms with Crippen LogP contribution in [0.15, 0.2) is 35.5 Å². The van der Waals surface area contributed by atoms with Gasteiger partial charge in [0.1, 0.15) is 0 Å². The number of aliphatic hydroxyl groups excluding tert-OH is 1. The standard InChI is InChI=1S/2C9H13.CH4O.ClH.Zr/c2*1-2-3-6-9-7-4-5-8-9;1-2;;/h2*4,7H,2-3,5-6H2,1H3;2H,1H3;1H;/q2*-1;;;+3/p-1. The Morgan fingerprint density at radius 2 is 1.23 bits per heavy atom. The van der Waals surface area contributed by atoms with E-state index in [1.54, 1.807) is 0 Å². The molecule has 0 bridgehead atoms. The van der Waals surface area contributed by atoms with Crippen LogP contribution in [0.1, 0.15) is 65.2 Å². The van der Waals surface area contributed by atoms with Gasteiger partial charge in [-0.05, 0) is 0 Å². The summed E-state index contributed by atoms with van der Waals surface area (Å²) in [5.41, 5.74) is 2.83. The van der Waals surface area contributed by atoms with E-state index in [0.29, 0.717) is 0 Å². The predicted molar refractivity (Wildman–Crippen MR) is 88.2 cm³/mol. The van der Waals surface area contributed by atoms with E-state index < -0.39 is 0 Å². The topological polar surface area (TPSA) is 20.2 Å². The van der Waals surface area contributed by atoms with Crippen LogP contribution in [0.25, 0.3) is 0 Å². The molecule has 1 N–H and O–H groups in total. The second kappa shape index (κ2) is 21.1. The van der Waals surface area contributed by atoms with Crippen molar-refractivity contribution in [2.24, 2.45) is 0 Å². The molecule has 2 aliphatic carbocycles. The predicted octanol–water partition coefficient (Wildman–Crippen LogP) is 2.34. The Morgan fingerprint density at radius 1 is 0.864 bits per heavy atom. The Hall–Kier alpha value is 0.0931. The number of hydrogen-bond donors (Lipinski definition) is 1. The first-order valence-corrected chi connectivity index (χ1v) is 7.84. The fourth-order valence-corrected chi connectivity index (χ4v) is 1.98. The molecule has 1 nitrogen and oxygen atoms in total. The Morgan fingerprint density at radius 3 is 1.45 bits per heavy atom. The molecular weight excluding hydrogens is 371 g/mol. The minimum Gasteiger partial charge on any atom is -1.00 e. The normalized spacial score (nSPS) is 13.6. The number of halogens is 1. The Labute approximate surface area is 163 Å². The van der Waals surface area contributed by atoms with Gasteiger partial charge in [0.05, 0.1) is 0 Å². The molecule has 1 radical (unpaired) electrons. The fraction of sp³-hybridized carbons (Fsp3) is 0.579. The summed E-state index contributed by atoms with van der Waals surface area (Å²) in [5, 5.41) is 7.00. The molecule has 0 heterocycles. The van der Waals surface area contributed by atoms with Crippen LogP contribution in [0, 0.1) is 12.2 Å². The van der Waals surface area contributed by atoms with Crippen molar-refractivity contribution in [3.05, 3.63) is 47.6 Å². The van der Waals surface area contributed by atoms with Crippen molar-refractivity contribution in [2.45, 2.75) is 65.2 Å². The molecule has 22 heavy (non-hydrogen) atoms. The fourth-order valence-electron chi connectivity index (χ4n) is 1.98. The van der Waals surface area contributed by atoms with Crippen LogP contribution in [0.3, 0.4) is 0 Å². The van der Waals surface area contributed by atoms with Crippen LogP contribution in [0.4, 0.5) is 0 Å². The number of unbranched alkanes of at least 4 members (excludes halogenated alkanes) is 2. The molecule has 2 aliphatic rings. The van der Waals surface area contributed by atoms with Crippen LogP contribution in [0.5, 0.6) is 0 Å². The van der Waals surface area contributed by atoms with Crippen molar-refractivity contribution in [1.29, 1.82) is 0 Å². The third-order valence-electron chi connectivity index (χ3n) is 3.13. The van der Waals surface area contributed by atoms with Gasteiger partial charge in [0.25, 0.3) is 0 Å². The van der Waals surface area contributed by atoms with Crippen molar-refractivity contribution >= 4 is 0 Å². The summed E-state index contributed by atoms with van der Waals surface area (Å²) < 4.78 is 0. The molecule has 0 aromatic heterocycles. The van der Waals surface area contributed by atoms with E-state index in [9.17, 15) is 0 Å².